The topological polar surface area (TPSA) is 47.6 Å². The smallest absolute Gasteiger partial charge is 0.258 e. The third-order valence-corrected chi connectivity index (χ3v) is 3.98. The van der Waals surface area contributed by atoms with Crippen LogP contribution in [0, 0.1) is 12.8 Å². The molecule has 1 fully saturated rings. The molecular weight excluding hydrogens is 266 g/mol. The minimum atomic E-state index is -0.0586. The number of carbonyl (C=O) groups is 1. The summed E-state index contributed by atoms with van der Waals surface area (Å²) in [7, 11) is 1.60. The number of aryl methyl sites for hydroxylation is 1. The molecule has 4 nitrogen and oxygen atoms in total. The lowest BCUT2D eigenvalue weighted by Crippen LogP contribution is -2.40. The molecule has 4 heteroatoms. The Kier molecular flexibility index (Phi) is 5.48. The summed E-state index contributed by atoms with van der Waals surface area (Å²) in [6.45, 7) is 4.26. The van der Waals surface area contributed by atoms with E-state index in [9.17, 15) is 4.79 Å². The fraction of sp³-hybridized carbons (Fsp3) is 0.588. The lowest BCUT2D eigenvalue weighted by atomic mass is 9.87. The molecule has 1 saturated carbocycles. The van der Waals surface area contributed by atoms with Crippen LogP contribution in [0.4, 0.5) is 0 Å². The van der Waals surface area contributed by atoms with Crippen LogP contribution < -0.4 is 14.8 Å². The van der Waals surface area contributed by atoms with E-state index in [1.807, 2.05) is 25.1 Å². The average molecular weight is 291 g/mol. The molecule has 116 valence electrons. The van der Waals surface area contributed by atoms with Gasteiger partial charge in [0.2, 0.25) is 0 Å². The molecule has 1 aromatic rings. The summed E-state index contributed by atoms with van der Waals surface area (Å²) < 4.78 is 10.8. The Labute approximate surface area is 126 Å². The van der Waals surface area contributed by atoms with Gasteiger partial charge in [0, 0.05) is 6.04 Å². The van der Waals surface area contributed by atoms with Gasteiger partial charge in [-0.2, -0.15) is 0 Å². The van der Waals surface area contributed by atoms with Crippen LogP contribution in [0.5, 0.6) is 11.5 Å². The zero-order valence-corrected chi connectivity index (χ0v) is 13.1. The van der Waals surface area contributed by atoms with Crippen LogP contribution in [0.3, 0.4) is 0 Å². The van der Waals surface area contributed by atoms with Crippen molar-refractivity contribution in [2.45, 2.75) is 45.6 Å². The fourth-order valence-corrected chi connectivity index (χ4v) is 2.87. The number of hydrogen-bond acceptors (Lipinski definition) is 3. The fourth-order valence-electron chi connectivity index (χ4n) is 2.87. The van der Waals surface area contributed by atoms with Gasteiger partial charge in [0.05, 0.1) is 7.11 Å². The van der Waals surface area contributed by atoms with Crippen molar-refractivity contribution in [3.05, 3.63) is 23.8 Å². The van der Waals surface area contributed by atoms with Gasteiger partial charge in [0.1, 0.15) is 0 Å². The second-order valence-corrected chi connectivity index (χ2v) is 5.98. The summed E-state index contributed by atoms with van der Waals surface area (Å²) in [6, 6.07) is 5.98. The summed E-state index contributed by atoms with van der Waals surface area (Å²) in [5.74, 6) is 1.91. The quantitative estimate of drug-likeness (QED) is 0.907. The summed E-state index contributed by atoms with van der Waals surface area (Å²) in [5.41, 5.74) is 1.10. The van der Waals surface area contributed by atoms with Gasteiger partial charge in [0.15, 0.2) is 18.1 Å². The van der Waals surface area contributed by atoms with E-state index in [2.05, 4.69) is 12.2 Å². The Balaban J connectivity index is 1.83. The number of nitrogens with one attached hydrogen (secondary N) is 1. The maximum absolute atomic E-state index is 12.0. The molecule has 1 aliphatic carbocycles. The first-order valence-electron chi connectivity index (χ1n) is 7.65. The molecule has 0 saturated heterocycles. The maximum atomic E-state index is 12.0. The third-order valence-electron chi connectivity index (χ3n) is 3.98. The van der Waals surface area contributed by atoms with Crippen molar-refractivity contribution in [3.63, 3.8) is 0 Å². The predicted molar refractivity (Wildman–Crippen MR) is 82.8 cm³/mol. The summed E-state index contributed by atoms with van der Waals surface area (Å²) in [5, 5.41) is 3.06. The first-order valence-corrected chi connectivity index (χ1v) is 7.65. The first kappa shape index (κ1) is 15.7. The standard InChI is InChI=1S/C17H25NO3/c1-12-5-4-6-14(9-12)18-17(19)11-21-15-8-7-13(2)10-16(15)20-3/h7-8,10,12,14H,4-6,9,11H2,1-3H3,(H,18,19). The molecule has 0 bridgehead atoms. The van der Waals surface area contributed by atoms with Crippen molar-refractivity contribution in [2.24, 2.45) is 5.92 Å². The Hall–Kier alpha value is -1.71. The van der Waals surface area contributed by atoms with Crippen molar-refractivity contribution in [1.82, 2.24) is 5.32 Å². The lowest BCUT2D eigenvalue weighted by Gasteiger charge is -2.27. The zero-order chi connectivity index (χ0) is 15.2. The Morgan fingerprint density at radius 2 is 2.14 bits per heavy atom. The van der Waals surface area contributed by atoms with Crippen LogP contribution in [-0.4, -0.2) is 25.7 Å². The van der Waals surface area contributed by atoms with Gasteiger partial charge in [-0.15, -0.1) is 0 Å². The lowest BCUT2D eigenvalue weighted by molar-refractivity contribution is -0.124. The maximum Gasteiger partial charge on any atom is 0.258 e. The van der Waals surface area contributed by atoms with Crippen molar-refractivity contribution < 1.29 is 14.3 Å². The van der Waals surface area contributed by atoms with Gasteiger partial charge in [-0.05, 0) is 43.4 Å². The number of carbonyl (C=O) groups excluding carboxylic acids is 1. The van der Waals surface area contributed by atoms with Crippen LogP contribution in [0.2, 0.25) is 0 Å². The van der Waals surface area contributed by atoms with Gasteiger partial charge in [-0.1, -0.05) is 25.8 Å². The molecule has 1 aromatic carbocycles. The van der Waals surface area contributed by atoms with E-state index in [1.54, 1.807) is 7.11 Å². The van der Waals surface area contributed by atoms with E-state index in [-0.39, 0.29) is 12.5 Å². The molecule has 0 radical (unpaired) electrons. The second kappa shape index (κ2) is 7.34. The first-order chi connectivity index (χ1) is 10.1. The summed E-state index contributed by atoms with van der Waals surface area (Å²) >= 11 is 0. The van der Waals surface area contributed by atoms with E-state index >= 15 is 0 Å². The number of hydrogen-bond donors (Lipinski definition) is 1. The van der Waals surface area contributed by atoms with E-state index in [4.69, 9.17) is 9.47 Å². The van der Waals surface area contributed by atoms with Crippen LogP contribution in [0.15, 0.2) is 18.2 Å². The number of methoxy groups -OCH3 is 1. The third kappa shape index (κ3) is 4.66. The highest BCUT2D eigenvalue weighted by atomic mass is 16.5. The van der Waals surface area contributed by atoms with Crippen molar-refractivity contribution in [3.8, 4) is 11.5 Å². The minimum Gasteiger partial charge on any atom is -0.493 e. The highest BCUT2D eigenvalue weighted by molar-refractivity contribution is 5.78. The normalized spacial score (nSPS) is 21.7. The molecule has 0 spiro atoms. The molecule has 2 unspecified atom stereocenters. The molecule has 0 aromatic heterocycles. The molecule has 2 rings (SSSR count). The number of rotatable bonds is 5. The van der Waals surface area contributed by atoms with E-state index in [1.165, 1.54) is 12.8 Å². The van der Waals surface area contributed by atoms with Crippen molar-refractivity contribution in [1.29, 1.82) is 0 Å². The van der Waals surface area contributed by atoms with Gasteiger partial charge in [-0.25, -0.2) is 0 Å². The Bertz CT molecular complexity index is 487. The Morgan fingerprint density at radius 3 is 2.86 bits per heavy atom. The predicted octanol–water partition coefficient (Wildman–Crippen LogP) is 3.08. The van der Waals surface area contributed by atoms with Gasteiger partial charge >= 0.3 is 0 Å². The van der Waals surface area contributed by atoms with Crippen LogP contribution in [0.25, 0.3) is 0 Å². The zero-order valence-electron chi connectivity index (χ0n) is 13.1. The van der Waals surface area contributed by atoms with Gasteiger partial charge in [-0.3, -0.25) is 4.79 Å². The number of benzene rings is 1. The molecule has 21 heavy (non-hydrogen) atoms. The largest absolute Gasteiger partial charge is 0.493 e. The monoisotopic (exact) mass is 291 g/mol. The highest BCUT2D eigenvalue weighted by Gasteiger charge is 2.20. The molecule has 0 aliphatic heterocycles. The molecule has 1 N–H and O–H groups in total. The van der Waals surface area contributed by atoms with E-state index in [0.717, 1.165) is 18.4 Å². The second-order valence-electron chi connectivity index (χ2n) is 5.98. The average Bonchev–Trinajstić information content (AvgIpc) is 2.45. The SMILES string of the molecule is COc1cc(C)ccc1OCC(=O)NC1CCCC(C)C1. The summed E-state index contributed by atoms with van der Waals surface area (Å²) in [4.78, 5) is 12.0. The molecule has 1 aliphatic rings. The van der Waals surface area contributed by atoms with Crippen LogP contribution in [-0.2, 0) is 4.79 Å². The van der Waals surface area contributed by atoms with E-state index < -0.39 is 0 Å². The van der Waals surface area contributed by atoms with Crippen molar-refractivity contribution >= 4 is 5.91 Å². The van der Waals surface area contributed by atoms with Gasteiger partial charge < -0.3 is 14.8 Å². The summed E-state index contributed by atoms with van der Waals surface area (Å²) in [6.07, 6.45) is 4.60. The van der Waals surface area contributed by atoms with Crippen LogP contribution in [0.1, 0.15) is 38.2 Å². The number of amides is 1. The molecule has 2 atom stereocenters. The Morgan fingerprint density at radius 1 is 1.33 bits per heavy atom. The van der Waals surface area contributed by atoms with E-state index in [0.29, 0.717) is 23.5 Å². The minimum absolute atomic E-state index is 0.0320. The molecular formula is C17H25NO3. The van der Waals surface area contributed by atoms with Crippen molar-refractivity contribution in [2.75, 3.05) is 13.7 Å². The highest BCUT2D eigenvalue weighted by Crippen LogP contribution is 2.27. The molecule has 0 heterocycles. The molecule has 1 amide bonds. The van der Waals surface area contributed by atoms with Crippen LogP contribution >= 0.6 is 0 Å². The van der Waals surface area contributed by atoms with Gasteiger partial charge in [0.25, 0.3) is 5.91 Å². The number of ether oxygens (including phenoxy) is 2.